The van der Waals surface area contributed by atoms with Gasteiger partial charge in [-0.2, -0.15) is 5.10 Å². The van der Waals surface area contributed by atoms with Gasteiger partial charge >= 0.3 is 0 Å². The highest BCUT2D eigenvalue weighted by Gasteiger charge is 2.33. The Labute approximate surface area is 175 Å². The zero-order valence-electron chi connectivity index (χ0n) is 16.5. The van der Waals surface area contributed by atoms with Gasteiger partial charge in [-0.25, -0.2) is 9.97 Å². The van der Waals surface area contributed by atoms with Gasteiger partial charge in [-0.1, -0.05) is 57.0 Å². The predicted octanol–water partition coefficient (Wildman–Crippen LogP) is 6.33. The molecule has 0 fully saturated rings. The van der Waals surface area contributed by atoms with Gasteiger partial charge in [0.05, 0.1) is 11.6 Å². The lowest BCUT2D eigenvalue weighted by atomic mass is 9.69. The number of anilines is 1. The van der Waals surface area contributed by atoms with Crippen LogP contribution in [0.15, 0.2) is 35.7 Å². The molecule has 146 valence electrons. The normalized spacial score (nSPS) is 17.2. The molecular formula is C22H25ClN4S. The first-order valence-corrected chi connectivity index (χ1v) is 11.0. The maximum absolute atomic E-state index is 6.21. The fourth-order valence-corrected chi connectivity index (χ4v) is 5.26. The molecule has 0 bridgehead atoms. The Balaban J connectivity index is 1.66. The van der Waals surface area contributed by atoms with E-state index in [1.54, 1.807) is 23.9 Å². The van der Waals surface area contributed by atoms with Gasteiger partial charge in [0.15, 0.2) is 5.82 Å². The number of benzene rings is 1. The number of hydrogen-bond acceptors (Lipinski definition) is 5. The van der Waals surface area contributed by atoms with Crippen molar-refractivity contribution in [3.63, 3.8) is 0 Å². The third kappa shape index (κ3) is 3.65. The van der Waals surface area contributed by atoms with Crippen molar-refractivity contribution in [3.8, 4) is 0 Å². The van der Waals surface area contributed by atoms with Crippen LogP contribution in [-0.2, 0) is 12.8 Å². The van der Waals surface area contributed by atoms with Crippen LogP contribution in [0.3, 0.4) is 0 Å². The van der Waals surface area contributed by atoms with Gasteiger partial charge in [-0.3, -0.25) is 5.43 Å². The molecule has 4 nitrogen and oxygen atoms in total. The molecule has 2 aromatic heterocycles. The Morgan fingerprint density at radius 2 is 2.14 bits per heavy atom. The number of halogens is 1. The van der Waals surface area contributed by atoms with Gasteiger partial charge in [-0.15, -0.1) is 11.3 Å². The predicted molar refractivity (Wildman–Crippen MR) is 120 cm³/mol. The third-order valence-electron chi connectivity index (χ3n) is 6.14. The van der Waals surface area contributed by atoms with Gasteiger partial charge in [0.25, 0.3) is 0 Å². The molecular weight excluding hydrogens is 388 g/mol. The third-order valence-corrected chi connectivity index (χ3v) is 7.68. The first kappa shape index (κ1) is 19.3. The molecule has 0 saturated carbocycles. The van der Waals surface area contributed by atoms with E-state index in [4.69, 9.17) is 11.6 Å². The second kappa shape index (κ2) is 7.80. The van der Waals surface area contributed by atoms with E-state index in [-0.39, 0.29) is 0 Å². The SMILES string of the molecule is CCC(C)(C)[C@@H]1CCc2sc3ncnc(N/N=C\c4ccccc4Cl)c3c2C1. The molecule has 1 aliphatic rings. The zero-order valence-corrected chi connectivity index (χ0v) is 18.1. The van der Waals surface area contributed by atoms with Crippen molar-refractivity contribution in [1.82, 2.24) is 9.97 Å². The molecule has 1 N–H and O–H groups in total. The zero-order chi connectivity index (χ0) is 19.7. The summed E-state index contributed by atoms with van der Waals surface area (Å²) in [5, 5.41) is 6.20. The molecule has 3 aromatic rings. The molecule has 0 aliphatic heterocycles. The molecule has 0 saturated heterocycles. The Hall–Kier alpha value is -1.98. The highest BCUT2D eigenvalue weighted by molar-refractivity contribution is 7.19. The van der Waals surface area contributed by atoms with E-state index in [1.807, 2.05) is 24.3 Å². The topological polar surface area (TPSA) is 50.2 Å². The summed E-state index contributed by atoms with van der Waals surface area (Å²) in [7, 11) is 0. The number of hydrogen-bond donors (Lipinski definition) is 1. The Kier molecular flexibility index (Phi) is 5.39. The summed E-state index contributed by atoms with van der Waals surface area (Å²) in [5.41, 5.74) is 5.76. The van der Waals surface area contributed by atoms with Crippen LogP contribution in [0, 0.1) is 11.3 Å². The van der Waals surface area contributed by atoms with Crippen LogP contribution in [0.1, 0.15) is 49.6 Å². The van der Waals surface area contributed by atoms with E-state index >= 15 is 0 Å². The molecule has 0 radical (unpaired) electrons. The van der Waals surface area contributed by atoms with E-state index in [0.717, 1.165) is 34.4 Å². The minimum Gasteiger partial charge on any atom is -0.261 e. The van der Waals surface area contributed by atoms with Crippen molar-refractivity contribution in [3.05, 3.63) is 51.6 Å². The summed E-state index contributed by atoms with van der Waals surface area (Å²) >= 11 is 8.01. The Morgan fingerprint density at radius 3 is 2.93 bits per heavy atom. The summed E-state index contributed by atoms with van der Waals surface area (Å²) in [5.74, 6) is 1.46. The van der Waals surface area contributed by atoms with E-state index in [9.17, 15) is 0 Å². The molecule has 28 heavy (non-hydrogen) atoms. The van der Waals surface area contributed by atoms with Gasteiger partial charge in [0.2, 0.25) is 0 Å². The van der Waals surface area contributed by atoms with E-state index in [0.29, 0.717) is 16.4 Å². The van der Waals surface area contributed by atoms with E-state index in [1.165, 1.54) is 23.3 Å². The van der Waals surface area contributed by atoms with E-state index in [2.05, 4.69) is 41.3 Å². The van der Waals surface area contributed by atoms with Crippen LogP contribution >= 0.6 is 22.9 Å². The highest BCUT2D eigenvalue weighted by atomic mass is 35.5. The number of thiophene rings is 1. The summed E-state index contributed by atoms with van der Waals surface area (Å²) in [6.07, 6.45) is 8.02. The van der Waals surface area contributed by atoms with Crippen molar-refractivity contribution >= 4 is 45.2 Å². The molecule has 2 heterocycles. The molecule has 0 spiro atoms. The maximum atomic E-state index is 6.21. The van der Waals surface area contributed by atoms with Crippen molar-refractivity contribution in [1.29, 1.82) is 0 Å². The first-order valence-electron chi connectivity index (χ1n) is 9.78. The van der Waals surface area contributed by atoms with Crippen LogP contribution < -0.4 is 5.43 Å². The molecule has 1 aliphatic carbocycles. The van der Waals surface area contributed by atoms with Crippen LogP contribution in [0.25, 0.3) is 10.2 Å². The van der Waals surface area contributed by atoms with E-state index < -0.39 is 0 Å². The second-order valence-corrected chi connectivity index (χ2v) is 9.57. The molecule has 1 atom stereocenters. The van der Waals surface area contributed by atoms with Gasteiger partial charge in [0.1, 0.15) is 11.2 Å². The van der Waals surface area contributed by atoms with Gasteiger partial charge in [0, 0.05) is 15.5 Å². The number of fused-ring (bicyclic) bond motifs is 3. The summed E-state index contributed by atoms with van der Waals surface area (Å²) < 4.78 is 0. The van der Waals surface area contributed by atoms with Crippen molar-refractivity contribution in [2.45, 2.75) is 46.5 Å². The monoisotopic (exact) mass is 412 g/mol. The lowest BCUT2D eigenvalue weighted by Gasteiger charge is -2.36. The average molecular weight is 413 g/mol. The fraction of sp³-hybridized carbons (Fsp3) is 0.409. The quantitative estimate of drug-likeness (QED) is 0.393. The number of nitrogens with one attached hydrogen (secondary N) is 1. The average Bonchev–Trinajstić information content (AvgIpc) is 3.08. The van der Waals surface area contributed by atoms with Gasteiger partial charge < -0.3 is 0 Å². The summed E-state index contributed by atoms with van der Waals surface area (Å²) in [6.45, 7) is 7.07. The number of aryl methyl sites for hydroxylation is 1. The molecule has 6 heteroatoms. The van der Waals surface area contributed by atoms with Crippen LogP contribution in [0.5, 0.6) is 0 Å². The summed E-state index contributed by atoms with van der Waals surface area (Å²) in [6, 6.07) is 7.65. The first-order chi connectivity index (χ1) is 13.5. The van der Waals surface area contributed by atoms with Gasteiger partial charge in [-0.05, 0) is 42.2 Å². The second-order valence-electron chi connectivity index (χ2n) is 8.08. The smallest absolute Gasteiger partial charge is 0.158 e. The van der Waals surface area contributed by atoms with Crippen LogP contribution in [0.4, 0.5) is 5.82 Å². The number of nitrogens with zero attached hydrogens (tertiary/aromatic N) is 3. The van der Waals surface area contributed by atoms with Crippen LogP contribution in [-0.4, -0.2) is 16.2 Å². The minimum absolute atomic E-state index is 0.345. The van der Waals surface area contributed by atoms with Crippen molar-refractivity contribution in [2.75, 3.05) is 5.43 Å². The summed E-state index contributed by atoms with van der Waals surface area (Å²) in [4.78, 5) is 11.5. The molecule has 4 rings (SSSR count). The molecule has 1 aromatic carbocycles. The molecule has 0 unspecified atom stereocenters. The van der Waals surface area contributed by atoms with Crippen molar-refractivity contribution in [2.24, 2.45) is 16.4 Å². The standard InChI is InChI=1S/C22H25ClN4S/c1-4-22(2,3)15-9-10-18-16(11-15)19-20(24-13-25-21(19)28-18)27-26-12-14-7-5-6-8-17(14)23/h5-8,12-13,15H,4,9-11H2,1-3H3,(H,24,25,27)/b26-12-/t15-/m1/s1. The maximum Gasteiger partial charge on any atom is 0.158 e. The largest absolute Gasteiger partial charge is 0.261 e. The Bertz CT molecular complexity index is 1020. The Morgan fingerprint density at radius 1 is 1.32 bits per heavy atom. The van der Waals surface area contributed by atoms with Crippen molar-refractivity contribution < 1.29 is 0 Å². The molecule has 0 amide bonds. The highest BCUT2D eigenvalue weighted by Crippen LogP contribution is 2.45. The minimum atomic E-state index is 0.345. The fourth-order valence-electron chi connectivity index (χ4n) is 3.89. The number of hydrazone groups is 1. The number of rotatable bonds is 5. The lowest BCUT2D eigenvalue weighted by molar-refractivity contribution is 0.184. The lowest BCUT2D eigenvalue weighted by Crippen LogP contribution is -2.28. The van der Waals surface area contributed by atoms with Crippen LogP contribution in [0.2, 0.25) is 5.02 Å². The number of aromatic nitrogens is 2.